The normalized spacial score (nSPS) is 17.5. The SMILES string of the molecule is Cc1cncc2c1c(CC1CN(CCC3CCNCC3)C1)cn2-c1ccc(F)cc1C(=O)N(C)C(C)C. The number of benzene rings is 1. The Morgan fingerprint density at radius 2 is 1.95 bits per heavy atom. The summed E-state index contributed by atoms with van der Waals surface area (Å²) in [5.41, 5.74) is 4.43. The van der Waals surface area contributed by atoms with E-state index in [0.717, 1.165) is 36.5 Å². The van der Waals surface area contributed by atoms with E-state index in [2.05, 4.69) is 28.3 Å². The number of pyridine rings is 1. The van der Waals surface area contributed by atoms with Crippen molar-refractivity contribution < 1.29 is 9.18 Å². The molecule has 0 saturated carbocycles. The number of hydrogen-bond donors (Lipinski definition) is 1. The molecule has 4 heterocycles. The van der Waals surface area contributed by atoms with Crippen LogP contribution in [0.25, 0.3) is 16.6 Å². The van der Waals surface area contributed by atoms with E-state index in [0.29, 0.717) is 17.2 Å². The quantitative estimate of drug-likeness (QED) is 0.477. The zero-order valence-corrected chi connectivity index (χ0v) is 22.6. The molecule has 2 aliphatic heterocycles. The summed E-state index contributed by atoms with van der Waals surface area (Å²) in [5.74, 6) is 0.906. The third-order valence-electron chi connectivity index (χ3n) is 8.38. The van der Waals surface area contributed by atoms with Gasteiger partial charge in [0.2, 0.25) is 0 Å². The fourth-order valence-corrected chi connectivity index (χ4v) is 5.94. The van der Waals surface area contributed by atoms with Crippen LogP contribution in [0.15, 0.2) is 36.8 Å². The maximum Gasteiger partial charge on any atom is 0.256 e. The lowest BCUT2D eigenvalue weighted by Crippen LogP contribution is -2.48. The molecule has 1 amide bonds. The minimum Gasteiger partial charge on any atom is -0.339 e. The molecule has 2 aliphatic rings. The number of halogens is 1. The topological polar surface area (TPSA) is 53.4 Å². The van der Waals surface area contributed by atoms with Crippen LogP contribution in [-0.4, -0.2) is 71.1 Å². The van der Waals surface area contributed by atoms with Crippen LogP contribution < -0.4 is 5.32 Å². The first-order chi connectivity index (χ1) is 17.8. The number of likely N-dealkylation sites (tertiary alicyclic amines) is 1. The molecule has 2 fully saturated rings. The molecule has 7 heteroatoms. The molecule has 0 aliphatic carbocycles. The Kier molecular flexibility index (Phi) is 7.63. The third-order valence-corrected chi connectivity index (χ3v) is 8.38. The number of nitrogens with one attached hydrogen (secondary N) is 1. The van der Waals surface area contributed by atoms with Crippen LogP contribution in [-0.2, 0) is 6.42 Å². The summed E-state index contributed by atoms with van der Waals surface area (Å²) in [5, 5.41) is 4.66. The van der Waals surface area contributed by atoms with Gasteiger partial charge in [0.05, 0.1) is 23.0 Å². The predicted octanol–water partition coefficient (Wildman–Crippen LogP) is 4.82. The largest absolute Gasteiger partial charge is 0.339 e. The Hall–Kier alpha value is -2.77. The third kappa shape index (κ3) is 5.43. The van der Waals surface area contributed by atoms with Crippen molar-refractivity contribution in [2.75, 3.05) is 39.8 Å². The second-order valence-electron chi connectivity index (χ2n) is 11.4. The molecule has 6 nitrogen and oxygen atoms in total. The number of carbonyl (C=O) groups is 1. The summed E-state index contributed by atoms with van der Waals surface area (Å²) in [6.07, 6.45) is 10.8. The van der Waals surface area contributed by atoms with Crippen molar-refractivity contribution in [3.8, 4) is 5.69 Å². The number of carbonyl (C=O) groups excluding carboxylic acids is 1. The van der Waals surface area contributed by atoms with Gasteiger partial charge in [-0.2, -0.15) is 0 Å². The molecule has 0 spiro atoms. The van der Waals surface area contributed by atoms with E-state index in [-0.39, 0.29) is 11.9 Å². The highest BCUT2D eigenvalue weighted by Crippen LogP contribution is 2.33. The van der Waals surface area contributed by atoms with Crippen molar-refractivity contribution >= 4 is 16.8 Å². The zero-order chi connectivity index (χ0) is 26.1. The summed E-state index contributed by atoms with van der Waals surface area (Å²) in [6, 6.07) is 4.52. The number of aromatic nitrogens is 2. The first kappa shape index (κ1) is 25.9. The minimum absolute atomic E-state index is 0.0147. The van der Waals surface area contributed by atoms with Gasteiger partial charge in [-0.15, -0.1) is 0 Å². The highest BCUT2D eigenvalue weighted by Gasteiger charge is 2.29. The molecule has 0 unspecified atom stereocenters. The Labute approximate surface area is 219 Å². The van der Waals surface area contributed by atoms with E-state index in [4.69, 9.17) is 0 Å². The van der Waals surface area contributed by atoms with Crippen molar-refractivity contribution in [3.63, 3.8) is 0 Å². The number of fused-ring (bicyclic) bond motifs is 1. The first-order valence-corrected chi connectivity index (χ1v) is 13.8. The summed E-state index contributed by atoms with van der Waals surface area (Å²) in [7, 11) is 1.76. The number of hydrogen-bond acceptors (Lipinski definition) is 4. The number of amides is 1. The van der Waals surface area contributed by atoms with Crippen LogP contribution in [0.3, 0.4) is 0 Å². The number of nitrogens with zero attached hydrogens (tertiary/aromatic N) is 4. The molecule has 0 radical (unpaired) electrons. The predicted molar refractivity (Wildman–Crippen MR) is 147 cm³/mol. The average molecular weight is 506 g/mol. The van der Waals surface area contributed by atoms with Gasteiger partial charge in [-0.1, -0.05) is 0 Å². The van der Waals surface area contributed by atoms with Gasteiger partial charge >= 0.3 is 0 Å². The van der Waals surface area contributed by atoms with Crippen molar-refractivity contribution in [1.29, 1.82) is 0 Å². The number of aryl methyl sites for hydroxylation is 1. The van der Waals surface area contributed by atoms with Gasteiger partial charge in [0.25, 0.3) is 5.91 Å². The van der Waals surface area contributed by atoms with Gasteiger partial charge in [-0.05, 0) is 107 Å². The van der Waals surface area contributed by atoms with E-state index >= 15 is 0 Å². The molecule has 1 N–H and O–H groups in total. The molecule has 2 aromatic heterocycles. The first-order valence-electron chi connectivity index (χ1n) is 13.8. The van der Waals surface area contributed by atoms with Gasteiger partial charge in [-0.25, -0.2) is 4.39 Å². The van der Waals surface area contributed by atoms with Gasteiger partial charge in [-0.3, -0.25) is 9.78 Å². The second-order valence-corrected chi connectivity index (χ2v) is 11.4. The smallest absolute Gasteiger partial charge is 0.256 e. The monoisotopic (exact) mass is 505 g/mol. The maximum absolute atomic E-state index is 14.3. The highest BCUT2D eigenvalue weighted by atomic mass is 19.1. The molecule has 5 rings (SSSR count). The van der Waals surface area contributed by atoms with E-state index in [1.807, 2.05) is 30.8 Å². The zero-order valence-electron chi connectivity index (χ0n) is 22.6. The minimum atomic E-state index is -0.408. The Morgan fingerprint density at radius 3 is 2.68 bits per heavy atom. The standard InChI is InChI=1S/C30H40FN5O/c1-20(2)34(4)30(37)26-14-25(31)5-6-27(26)36-19-24(29-21(3)15-33-16-28(29)36)13-23-17-35(18-23)12-9-22-7-10-32-11-8-22/h5-6,14-16,19-20,22-23,32H,7-13,17-18H2,1-4H3. The molecule has 0 bridgehead atoms. The molecule has 0 atom stereocenters. The molecule has 37 heavy (non-hydrogen) atoms. The lowest BCUT2D eigenvalue weighted by molar-refractivity contribution is 0.0754. The van der Waals surface area contributed by atoms with Crippen LogP contribution in [0, 0.1) is 24.6 Å². The summed E-state index contributed by atoms with van der Waals surface area (Å²) in [4.78, 5) is 22.0. The van der Waals surface area contributed by atoms with E-state index in [1.54, 1.807) is 18.0 Å². The van der Waals surface area contributed by atoms with Gasteiger partial charge in [0.15, 0.2) is 0 Å². The Bertz CT molecular complexity index is 1260. The number of piperidine rings is 1. The van der Waals surface area contributed by atoms with Crippen LogP contribution >= 0.6 is 0 Å². The summed E-state index contributed by atoms with van der Waals surface area (Å²) in [6.45, 7) is 11.8. The van der Waals surface area contributed by atoms with Crippen LogP contribution in [0.5, 0.6) is 0 Å². The molecular weight excluding hydrogens is 465 g/mol. The molecule has 3 aromatic rings. The second kappa shape index (κ2) is 10.9. The average Bonchev–Trinajstić information content (AvgIpc) is 3.24. The van der Waals surface area contributed by atoms with Crippen molar-refractivity contribution in [3.05, 3.63) is 59.3 Å². The van der Waals surface area contributed by atoms with Crippen LogP contribution in [0.4, 0.5) is 4.39 Å². The Morgan fingerprint density at radius 1 is 1.19 bits per heavy atom. The summed E-state index contributed by atoms with van der Waals surface area (Å²) >= 11 is 0. The van der Waals surface area contributed by atoms with Crippen molar-refractivity contribution in [2.24, 2.45) is 11.8 Å². The maximum atomic E-state index is 14.3. The fraction of sp³-hybridized carbons (Fsp3) is 0.533. The highest BCUT2D eigenvalue weighted by molar-refractivity contribution is 5.99. The summed E-state index contributed by atoms with van der Waals surface area (Å²) < 4.78 is 16.4. The van der Waals surface area contributed by atoms with Crippen LogP contribution in [0.1, 0.15) is 54.6 Å². The van der Waals surface area contributed by atoms with Crippen molar-refractivity contribution in [2.45, 2.75) is 52.5 Å². The Balaban J connectivity index is 1.38. The lowest BCUT2D eigenvalue weighted by atomic mass is 9.89. The molecular formula is C30H40FN5O. The van der Waals surface area contributed by atoms with E-state index in [1.165, 1.54) is 62.0 Å². The fourth-order valence-electron chi connectivity index (χ4n) is 5.94. The molecule has 1 aromatic carbocycles. The van der Waals surface area contributed by atoms with E-state index < -0.39 is 5.82 Å². The lowest BCUT2D eigenvalue weighted by Gasteiger charge is -2.40. The van der Waals surface area contributed by atoms with Crippen molar-refractivity contribution in [1.82, 2.24) is 24.7 Å². The van der Waals surface area contributed by atoms with Gasteiger partial charge in [0.1, 0.15) is 5.82 Å². The molecule has 2 saturated heterocycles. The van der Waals surface area contributed by atoms with Gasteiger partial charge in [0, 0.05) is 44.0 Å². The van der Waals surface area contributed by atoms with E-state index in [9.17, 15) is 9.18 Å². The van der Waals surface area contributed by atoms with Crippen LogP contribution in [0.2, 0.25) is 0 Å². The number of rotatable bonds is 8. The van der Waals surface area contributed by atoms with Gasteiger partial charge < -0.3 is 19.7 Å². The molecule has 198 valence electrons.